The number of benzene rings is 3. The second-order valence-corrected chi connectivity index (χ2v) is 10.4. The highest BCUT2D eigenvalue weighted by Crippen LogP contribution is 2.38. The number of carbonyl (C=O) groups excluding carboxylic acids is 2. The van der Waals surface area contributed by atoms with Gasteiger partial charge in [-0.1, -0.05) is 91.7 Å². The Morgan fingerprint density at radius 3 is 2.00 bits per heavy atom. The second-order valence-electron chi connectivity index (χ2n) is 9.58. The van der Waals surface area contributed by atoms with Gasteiger partial charge in [0.1, 0.15) is 13.6 Å². The second kappa shape index (κ2) is 19.7. The Kier molecular flexibility index (Phi) is 17.2. The highest BCUT2D eigenvalue weighted by Gasteiger charge is 2.22. The number of rotatable bonds is 9. The summed E-state index contributed by atoms with van der Waals surface area (Å²) in [5.41, 5.74) is 6.94. The fourth-order valence-corrected chi connectivity index (χ4v) is 5.18. The third kappa shape index (κ3) is 10.5. The lowest BCUT2D eigenvalue weighted by Gasteiger charge is -2.39. The summed E-state index contributed by atoms with van der Waals surface area (Å²) in [6.07, 6.45) is 0.917. The molecule has 6 nitrogen and oxygen atoms in total. The predicted molar refractivity (Wildman–Crippen MR) is 180 cm³/mol. The number of nitrogens with zero attached hydrogens (tertiary/aromatic N) is 3. The number of carbonyl (C=O) groups is 2. The van der Waals surface area contributed by atoms with Crippen LogP contribution >= 0.6 is 23.2 Å². The van der Waals surface area contributed by atoms with Crippen molar-refractivity contribution in [3.8, 4) is 16.9 Å². The predicted octanol–water partition coefficient (Wildman–Crippen LogP) is 7.75. The van der Waals surface area contributed by atoms with Gasteiger partial charge in [0.2, 0.25) is 0 Å². The Morgan fingerprint density at radius 2 is 1.45 bits per heavy atom. The van der Waals surface area contributed by atoms with Crippen molar-refractivity contribution in [2.75, 3.05) is 58.3 Å². The summed E-state index contributed by atoms with van der Waals surface area (Å²) in [6, 6.07) is 21.1. The van der Waals surface area contributed by atoms with Gasteiger partial charge in [0.05, 0.1) is 16.7 Å². The number of hydrogen-bond donors (Lipinski definition) is 0. The first-order valence-electron chi connectivity index (χ1n) is 14.0. The van der Waals surface area contributed by atoms with Crippen LogP contribution in [0.2, 0.25) is 10.0 Å². The van der Waals surface area contributed by atoms with Gasteiger partial charge in [0.15, 0.2) is 5.75 Å². The van der Waals surface area contributed by atoms with Crippen molar-refractivity contribution < 1.29 is 14.3 Å². The van der Waals surface area contributed by atoms with Gasteiger partial charge < -0.3 is 29.0 Å². The number of ether oxygens (including phenoxy) is 1. The van der Waals surface area contributed by atoms with Gasteiger partial charge in [-0.25, -0.2) is 0 Å². The van der Waals surface area contributed by atoms with Crippen molar-refractivity contribution in [3.05, 3.63) is 88.4 Å². The van der Waals surface area contributed by atoms with Crippen LogP contribution in [0.25, 0.3) is 16.8 Å². The normalized spacial score (nSPS) is 12.2. The van der Waals surface area contributed by atoms with E-state index in [0.717, 1.165) is 50.5 Å². The number of anilines is 1. The van der Waals surface area contributed by atoms with E-state index in [1.807, 2.05) is 59.7 Å². The molecule has 1 fully saturated rings. The summed E-state index contributed by atoms with van der Waals surface area (Å²) in [5, 5.41) is 1.11. The summed E-state index contributed by atoms with van der Waals surface area (Å²) in [4.78, 5) is 22.8. The van der Waals surface area contributed by atoms with Gasteiger partial charge in [-0.15, -0.1) is 0 Å². The molecule has 0 saturated carbocycles. The van der Waals surface area contributed by atoms with Crippen LogP contribution in [-0.4, -0.2) is 76.8 Å². The maximum atomic E-state index is 8.00. The first-order valence-corrected chi connectivity index (χ1v) is 14.8. The Bertz CT molecular complexity index is 1200. The number of piperazine rings is 1. The van der Waals surface area contributed by atoms with Crippen molar-refractivity contribution in [2.45, 2.75) is 27.2 Å². The SMILES string of the molecule is C=C(c1cc(C)ccc1-c1ccccc1)N1CCN(c2cc(Cl)c(OCCCN(C)C)c(Cl)c2)CC1.C=O.C=O.CC. The molecule has 0 aliphatic carbocycles. The molecule has 3 aromatic rings. The molecule has 1 aliphatic rings. The maximum absolute atomic E-state index is 8.00. The molecule has 1 aliphatic heterocycles. The molecule has 0 radical (unpaired) electrons. The number of aryl methyl sites for hydroxylation is 1. The van der Waals surface area contributed by atoms with Gasteiger partial charge in [0, 0.05) is 49.7 Å². The minimum absolute atomic E-state index is 0.557. The molecule has 0 spiro atoms. The maximum Gasteiger partial charge on any atom is 0.156 e. The van der Waals surface area contributed by atoms with E-state index in [4.69, 9.17) is 37.5 Å². The smallest absolute Gasteiger partial charge is 0.156 e. The highest BCUT2D eigenvalue weighted by molar-refractivity contribution is 6.37. The van der Waals surface area contributed by atoms with Crippen LogP contribution < -0.4 is 9.64 Å². The minimum atomic E-state index is 0.557. The molecule has 0 atom stereocenters. The van der Waals surface area contributed by atoms with Crippen molar-refractivity contribution in [1.82, 2.24) is 9.80 Å². The molecule has 0 N–H and O–H groups in total. The Balaban J connectivity index is 0.00000138. The lowest BCUT2D eigenvalue weighted by Crippen LogP contribution is -2.45. The van der Waals surface area contributed by atoms with Gasteiger partial charge >= 0.3 is 0 Å². The van der Waals surface area contributed by atoms with E-state index in [2.05, 4.69) is 70.7 Å². The van der Waals surface area contributed by atoms with E-state index >= 15 is 0 Å². The average Bonchev–Trinajstić information content (AvgIpc) is 3.03. The van der Waals surface area contributed by atoms with Crippen LogP contribution in [0, 0.1) is 6.92 Å². The lowest BCUT2D eigenvalue weighted by atomic mass is 9.95. The molecular formula is C34H45Cl2N3O3. The van der Waals surface area contributed by atoms with Crippen LogP contribution in [0.5, 0.6) is 5.75 Å². The van der Waals surface area contributed by atoms with Gasteiger partial charge in [-0.2, -0.15) is 0 Å². The molecule has 1 saturated heterocycles. The minimum Gasteiger partial charge on any atom is -0.490 e. The lowest BCUT2D eigenvalue weighted by molar-refractivity contribution is -0.0987. The zero-order valence-corrected chi connectivity index (χ0v) is 27.2. The monoisotopic (exact) mass is 613 g/mol. The molecule has 228 valence electrons. The van der Waals surface area contributed by atoms with Crippen LogP contribution in [0.15, 0.2) is 67.2 Å². The molecule has 8 heteroatoms. The van der Waals surface area contributed by atoms with Crippen LogP contribution in [0.4, 0.5) is 5.69 Å². The summed E-state index contributed by atoms with van der Waals surface area (Å²) in [6.45, 7) is 19.7. The quantitative estimate of drug-likeness (QED) is 0.230. The summed E-state index contributed by atoms with van der Waals surface area (Å²) >= 11 is 13.1. The molecule has 0 bridgehead atoms. The number of halogens is 2. The van der Waals surface area contributed by atoms with Crippen LogP contribution in [-0.2, 0) is 9.59 Å². The fourth-order valence-electron chi connectivity index (χ4n) is 4.59. The summed E-state index contributed by atoms with van der Waals surface area (Å²) in [5.74, 6) is 0.570. The molecule has 4 rings (SSSR count). The van der Waals surface area contributed by atoms with Gasteiger partial charge in [-0.05, 0) is 56.8 Å². The Labute approximate surface area is 262 Å². The van der Waals surface area contributed by atoms with Crippen LogP contribution in [0.3, 0.4) is 0 Å². The first-order chi connectivity index (χ1) is 20.3. The third-order valence-electron chi connectivity index (χ3n) is 6.58. The Hall–Kier alpha value is -3.32. The zero-order valence-electron chi connectivity index (χ0n) is 25.7. The average molecular weight is 615 g/mol. The van der Waals surface area contributed by atoms with Crippen molar-refractivity contribution in [1.29, 1.82) is 0 Å². The molecule has 3 aromatic carbocycles. The molecule has 1 heterocycles. The Morgan fingerprint density at radius 1 is 0.881 bits per heavy atom. The number of hydrogen-bond acceptors (Lipinski definition) is 6. The molecule has 0 unspecified atom stereocenters. The highest BCUT2D eigenvalue weighted by atomic mass is 35.5. The van der Waals surface area contributed by atoms with E-state index < -0.39 is 0 Å². The van der Waals surface area contributed by atoms with E-state index in [1.54, 1.807) is 0 Å². The fraction of sp³-hybridized carbons (Fsp3) is 0.353. The largest absolute Gasteiger partial charge is 0.490 e. The van der Waals surface area contributed by atoms with E-state index in [1.165, 1.54) is 22.3 Å². The van der Waals surface area contributed by atoms with E-state index in [-0.39, 0.29) is 0 Å². The van der Waals surface area contributed by atoms with Crippen LogP contribution in [0.1, 0.15) is 31.4 Å². The van der Waals surface area contributed by atoms with Gasteiger partial charge in [0.25, 0.3) is 0 Å². The van der Waals surface area contributed by atoms with E-state index in [0.29, 0.717) is 22.4 Å². The zero-order chi connectivity index (χ0) is 31.7. The van der Waals surface area contributed by atoms with Crippen molar-refractivity contribution in [2.24, 2.45) is 0 Å². The molecule has 0 aromatic heterocycles. The van der Waals surface area contributed by atoms with Gasteiger partial charge in [-0.3, -0.25) is 0 Å². The third-order valence-corrected chi connectivity index (χ3v) is 7.14. The summed E-state index contributed by atoms with van der Waals surface area (Å²) in [7, 11) is 4.10. The molecular weight excluding hydrogens is 569 g/mol. The van der Waals surface area contributed by atoms with E-state index in [9.17, 15) is 0 Å². The topological polar surface area (TPSA) is 53.1 Å². The standard InChI is InChI=1S/C30H35Cl2N3O.C2H6.2CH2O/c1-22-11-12-26(24-9-6-5-7-10-24)27(19-22)23(2)34-14-16-35(17-15-34)25-20-28(31)30(29(32)21-25)36-18-8-13-33(3)4;3*1-2/h5-7,9-12,19-21H,2,8,13-18H2,1,3-4H3;1-2H3;2*1H2. The summed E-state index contributed by atoms with van der Waals surface area (Å²) < 4.78 is 5.89. The molecule has 0 amide bonds. The van der Waals surface area contributed by atoms with Crippen molar-refractivity contribution in [3.63, 3.8) is 0 Å². The van der Waals surface area contributed by atoms with Crippen molar-refractivity contribution >= 4 is 48.2 Å². The molecule has 42 heavy (non-hydrogen) atoms. The first kappa shape index (κ1) is 36.7.